The van der Waals surface area contributed by atoms with Gasteiger partial charge in [0, 0.05) is 23.8 Å². The Bertz CT molecular complexity index is 431. The van der Waals surface area contributed by atoms with E-state index in [0.29, 0.717) is 23.8 Å². The monoisotopic (exact) mass is 268 g/mol. The summed E-state index contributed by atoms with van der Waals surface area (Å²) < 4.78 is 0. The van der Waals surface area contributed by atoms with Gasteiger partial charge in [-0.15, -0.1) is 0 Å². The van der Waals surface area contributed by atoms with Crippen LogP contribution in [-0.4, -0.2) is 29.8 Å². The zero-order chi connectivity index (χ0) is 13.5. The lowest BCUT2D eigenvalue weighted by Gasteiger charge is -2.18. The van der Waals surface area contributed by atoms with E-state index in [2.05, 4.69) is 5.32 Å². The molecule has 0 spiro atoms. The number of hydrogen-bond acceptors (Lipinski definition) is 2. The summed E-state index contributed by atoms with van der Waals surface area (Å²) in [6.07, 6.45) is -0.145. The molecule has 0 atom stereocenters. The number of carbonyl (C=O) groups is 2. The van der Waals surface area contributed by atoms with E-state index in [0.717, 1.165) is 0 Å². The van der Waals surface area contributed by atoms with Crippen molar-refractivity contribution < 1.29 is 9.59 Å². The average molecular weight is 269 g/mol. The molecule has 98 valence electrons. The zero-order valence-electron chi connectivity index (χ0n) is 10.6. The Morgan fingerprint density at radius 1 is 1.28 bits per heavy atom. The standard InChI is InChI=1S/C13H17ClN2O2/c1-3-16(4-2)13(18)9-12(17)15-11-7-5-6-10(14)8-11/h5-8H,3-4,9H2,1-2H3,(H,15,17). The molecule has 0 heterocycles. The summed E-state index contributed by atoms with van der Waals surface area (Å²) in [5.74, 6) is -0.492. The Hall–Kier alpha value is -1.55. The van der Waals surface area contributed by atoms with Crippen molar-refractivity contribution in [2.24, 2.45) is 0 Å². The summed E-state index contributed by atoms with van der Waals surface area (Å²) in [6.45, 7) is 4.99. The molecule has 0 saturated heterocycles. The van der Waals surface area contributed by atoms with E-state index in [4.69, 9.17) is 11.6 Å². The average Bonchev–Trinajstić information content (AvgIpc) is 2.30. The Balaban J connectivity index is 2.54. The van der Waals surface area contributed by atoms with Gasteiger partial charge in [0.05, 0.1) is 0 Å². The van der Waals surface area contributed by atoms with Crippen LogP contribution in [0.5, 0.6) is 0 Å². The molecule has 1 aromatic carbocycles. The minimum absolute atomic E-state index is 0.145. The summed E-state index contributed by atoms with van der Waals surface area (Å²) in [4.78, 5) is 25.0. The molecule has 0 fully saturated rings. The number of halogens is 1. The van der Waals surface area contributed by atoms with E-state index in [-0.39, 0.29) is 18.2 Å². The van der Waals surface area contributed by atoms with E-state index in [1.807, 2.05) is 13.8 Å². The van der Waals surface area contributed by atoms with Crippen LogP contribution in [0.3, 0.4) is 0 Å². The molecule has 2 amide bonds. The van der Waals surface area contributed by atoms with Gasteiger partial charge in [-0.2, -0.15) is 0 Å². The molecule has 0 bridgehead atoms. The highest BCUT2D eigenvalue weighted by atomic mass is 35.5. The van der Waals surface area contributed by atoms with Crippen LogP contribution < -0.4 is 5.32 Å². The van der Waals surface area contributed by atoms with Gasteiger partial charge in [0.1, 0.15) is 6.42 Å². The van der Waals surface area contributed by atoms with Crippen LogP contribution in [0.25, 0.3) is 0 Å². The van der Waals surface area contributed by atoms with E-state index in [1.54, 1.807) is 29.2 Å². The number of nitrogens with zero attached hydrogens (tertiary/aromatic N) is 1. The maximum Gasteiger partial charge on any atom is 0.233 e. The predicted molar refractivity (Wildman–Crippen MR) is 72.6 cm³/mol. The normalized spacial score (nSPS) is 9.94. The van der Waals surface area contributed by atoms with E-state index < -0.39 is 0 Å². The third-order valence-electron chi connectivity index (χ3n) is 2.54. The van der Waals surface area contributed by atoms with Gasteiger partial charge in [0.15, 0.2) is 0 Å². The molecule has 0 aromatic heterocycles. The first-order chi connectivity index (χ1) is 8.56. The van der Waals surface area contributed by atoms with Gasteiger partial charge >= 0.3 is 0 Å². The number of hydrogen-bond donors (Lipinski definition) is 1. The molecular formula is C13H17ClN2O2. The number of carbonyl (C=O) groups excluding carboxylic acids is 2. The van der Waals surface area contributed by atoms with Crippen LogP contribution in [-0.2, 0) is 9.59 Å². The first-order valence-corrected chi connectivity index (χ1v) is 6.27. The van der Waals surface area contributed by atoms with Crippen molar-refractivity contribution in [1.82, 2.24) is 4.90 Å². The topological polar surface area (TPSA) is 49.4 Å². The fourth-order valence-electron chi connectivity index (χ4n) is 1.60. The van der Waals surface area contributed by atoms with Crippen molar-refractivity contribution in [2.45, 2.75) is 20.3 Å². The fraction of sp³-hybridized carbons (Fsp3) is 0.385. The largest absolute Gasteiger partial charge is 0.343 e. The number of rotatable bonds is 5. The highest BCUT2D eigenvalue weighted by Gasteiger charge is 2.14. The van der Waals surface area contributed by atoms with Gasteiger partial charge in [0.2, 0.25) is 11.8 Å². The Kier molecular flexibility index (Phi) is 5.65. The second-order valence-corrected chi connectivity index (χ2v) is 4.24. The van der Waals surface area contributed by atoms with Crippen LogP contribution in [0, 0.1) is 0 Å². The molecule has 0 aliphatic carbocycles. The Labute approximate surface area is 112 Å². The molecule has 1 N–H and O–H groups in total. The number of amides is 2. The lowest BCUT2D eigenvalue weighted by Crippen LogP contribution is -2.33. The summed E-state index contributed by atoms with van der Waals surface area (Å²) in [6, 6.07) is 6.83. The van der Waals surface area contributed by atoms with Gasteiger partial charge in [-0.3, -0.25) is 9.59 Å². The quantitative estimate of drug-likeness (QED) is 0.835. The van der Waals surface area contributed by atoms with Gasteiger partial charge in [0.25, 0.3) is 0 Å². The van der Waals surface area contributed by atoms with Crippen molar-refractivity contribution in [3.63, 3.8) is 0 Å². The van der Waals surface area contributed by atoms with Gasteiger partial charge in [-0.1, -0.05) is 17.7 Å². The molecule has 0 unspecified atom stereocenters. The molecule has 18 heavy (non-hydrogen) atoms. The van der Waals surface area contributed by atoms with Crippen molar-refractivity contribution in [3.05, 3.63) is 29.3 Å². The van der Waals surface area contributed by atoms with Crippen molar-refractivity contribution in [2.75, 3.05) is 18.4 Å². The number of nitrogens with one attached hydrogen (secondary N) is 1. The number of anilines is 1. The maximum atomic E-state index is 11.7. The molecule has 1 aromatic rings. The Morgan fingerprint density at radius 3 is 2.50 bits per heavy atom. The van der Waals surface area contributed by atoms with Gasteiger partial charge in [-0.25, -0.2) is 0 Å². The van der Waals surface area contributed by atoms with Crippen molar-refractivity contribution >= 4 is 29.1 Å². The number of benzene rings is 1. The minimum atomic E-state index is -0.325. The molecule has 0 radical (unpaired) electrons. The van der Waals surface area contributed by atoms with Gasteiger partial charge in [-0.05, 0) is 32.0 Å². The summed E-state index contributed by atoms with van der Waals surface area (Å²) in [5.41, 5.74) is 0.597. The van der Waals surface area contributed by atoms with Crippen LogP contribution in [0.4, 0.5) is 5.69 Å². The first-order valence-electron chi connectivity index (χ1n) is 5.90. The molecular weight excluding hydrogens is 252 g/mol. The molecule has 0 aliphatic heterocycles. The van der Waals surface area contributed by atoms with E-state index >= 15 is 0 Å². The zero-order valence-corrected chi connectivity index (χ0v) is 11.3. The predicted octanol–water partition coefficient (Wildman–Crippen LogP) is 2.54. The molecule has 5 heteroatoms. The van der Waals surface area contributed by atoms with Crippen molar-refractivity contribution in [3.8, 4) is 0 Å². The molecule has 0 saturated carbocycles. The third kappa shape index (κ3) is 4.37. The fourth-order valence-corrected chi connectivity index (χ4v) is 1.79. The van der Waals surface area contributed by atoms with Crippen molar-refractivity contribution in [1.29, 1.82) is 0 Å². The molecule has 4 nitrogen and oxygen atoms in total. The SMILES string of the molecule is CCN(CC)C(=O)CC(=O)Nc1cccc(Cl)c1. The van der Waals surface area contributed by atoms with E-state index in [1.165, 1.54) is 0 Å². The van der Waals surface area contributed by atoms with Crippen LogP contribution in [0.1, 0.15) is 20.3 Å². The maximum absolute atomic E-state index is 11.7. The van der Waals surface area contributed by atoms with E-state index in [9.17, 15) is 9.59 Å². The van der Waals surface area contributed by atoms with Crippen LogP contribution in [0.2, 0.25) is 5.02 Å². The lowest BCUT2D eigenvalue weighted by molar-refractivity contribution is -0.134. The molecule has 1 rings (SSSR count). The lowest BCUT2D eigenvalue weighted by atomic mass is 10.3. The minimum Gasteiger partial charge on any atom is -0.343 e. The smallest absolute Gasteiger partial charge is 0.233 e. The van der Waals surface area contributed by atoms with Crippen LogP contribution in [0.15, 0.2) is 24.3 Å². The summed E-state index contributed by atoms with van der Waals surface area (Å²) >= 11 is 5.80. The Morgan fingerprint density at radius 2 is 1.94 bits per heavy atom. The highest BCUT2D eigenvalue weighted by molar-refractivity contribution is 6.30. The third-order valence-corrected chi connectivity index (χ3v) is 2.77. The molecule has 0 aliphatic rings. The second-order valence-electron chi connectivity index (χ2n) is 3.80. The van der Waals surface area contributed by atoms with Crippen LogP contribution >= 0.6 is 11.6 Å². The highest BCUT2D eigenvalue weighted by Crippen LogP contribution is 2.15. The summed E-state index contributed by atoms with van der Waals surface area (Å²) in [5, 5.41) is 3.19. The first kappa shape index (κ1) is 14.5. The second kappa shape index (κ2) is 7.01. The summed E-state index contributed by atoms with van der Waals surface area (Å²) in [7, 11) is 0. The van der Waals surface area contributed by atoms with Gasteiger partial charge < -0.3 is 10.2 Å².